The van der Waals surface area contributed by atoms with Gasteiger partial charge in [0.1, 0.15) is 31.0 Å². The number of hydrogen-bond donors (Lipinski definition) is 3. The normalized spacial score (nSPS) is 20.8. The summed E-state index contributed by atoms with van der Waals surface area (Å²) in [6.07, 6.45) is -11.1. The number of nitrogens with one attached hydrogen (secondary N) is 2. The fourth-order valence-electron chi connectivity index (χ4n) is 6.61. The second-order valence-electron chi connectivity index (χ2n) is 14.6. The van der Waals surface area contributed by atoms with Crippen LogP contribution < -0.4 is 10.6 Å². The Morgan fingerprint density at radius 3 is 1.79 bits per heavy atom. The molecule has 316 valence electrons. The van der Waals surface area contributed by atoms with Crippen molar-refractivity contribution in [2.75, 3.05) is 19.8 Å². The van der Waals surface area contributed by atoms with Crippen molar-refractivity contribution in [1.29, 1.82) is 0 Å². The first kappa shape index (κ1) is 45.0. The van der Waals surface area contributed by atoms with Crippen LogP contribution in [0.3, 0.4) is 0 Å². The van der Waals surface area contributed by atoms with Crippen molar-refractivity contribution in [2.24, 2.45) is 0 Å². The summed E-state index contributed by atoms with van der Waals surface area (Å²) in [5.74, 6) is -4.97. The third kappa shape index (κ3) is 12.9. The van der Waals surface area contributed by atoms with Gasteiger partial charge in [0.2, 0.25) is 0 Å². The molecule has 3 N–H and O–H groups in total. The zero-order chi connectivity index (χ0) is 42.7. The molecular weight excluding hydrogens is 764 g/mol. The Bertz CT molecular complexity index is 1780. The first-order valence-electron chi connectivity index (χ1n) is 18.6. The zero-order valence-corrected chi connectivity index (χ0v) is 33.3. The van der Waals surface area contributed by atoms with E-state index in [4.69, 9.17) is 37.9 Å². The fraction of sp³-hybridized carbons (Fsp3) is 0.525. The molecule has 1 fully saturated rings. The van der Waals surface area contributed by atoms with E-state index >= 15 is 0 Å². The van der Waals surface area contributed by atoms with Gasteiger partial charge in [-0.3, -0.25) is 19.2 Å². The predicted molar refractivity (Wildman–Crippen MR) is 200 cm³/mol. The van der Waals surface area contributed by atoms with Crippen molar-refractivity contribution in [2.45, 2.75) is 116 Å². The number of benzene rings is 2. The highest BCUT2D eigenvalue weighted by Gasteiger charge is 2.53. The van der Waals surface area contributed by atoms with Gasteiger partial charge in [0.05, 0.1) is 6.10 Å². The molecule has 7 atom stereocenters. The van der Waals surface area contributed by atoms with Crippen LogP contribution in [0.2, 0.25) is 0 Å². The van der Waals surface area contributed by atoms with Crippen molar-refractivity contribution in [3.8, 4) is 11.1 Å². The zero-order valence-electron chi connectivity index (χ0n) is 33.3. The van der Waals surface area contributed by atoms with Crippen LogP contribution in [0.15, 0.2) is 48.5 Å². The van der Waals surface area contributed by atoms with Crippen LogP contribution in [0.1, 0.15) is 78.4 Å². The Kier molecular flexibility index (Phi) is 15.6. The molecule has 1 heterocycles. The van der Waals surface area contributed by atoms with Crippen molar-refractivity contribution in [3.63, 3.8) is 0 Å². The summed E-state index contributed by atoms with van der Waals surface area (Å²) in [4.78, 5) is 86.8. The van der Waals surface area contributed by atoms with Gasteiger partial charge >= 0.3 is 42.0 Å². The molecule has 2 aromatic rings. The highest BCUT2D eigenvalue weighted by atomic mass is 16.7. The molecule has 58 heavy (non-hydrogen) atoms. The van der Waals surface area contributed by atoms with Crippen LogP contribution in [0.5, 0.6) is 0 Å². The maximum absolute atomic E-state index is 13.1. The van der Waals surface area contributed by atoms with E-state index in [0.29, 0.717) is 0 Å². The van der Waals surface area contributed by atoms with Crippen molar-refractivity contribution >= 4 is 42.0 Å². The quantitative estimate of drug-likeness (QED) is 0.162. The Hall–Kier alpha value is -5.75. The van der Waals surface area contributed by atoms with E-state index in [-0.39, 0.29) is 31.9 Å². The lowest BCUT2D eigenvalue weighted by Crippen LogP contribution is -2.63. The maximum atomic E-state index is 13.1. The summed E-state index contributed by atoms with van der Waals surface area (Å²) in [5, 5.41) is 15.1. The van der Waals surface area contributed by atoms with Gasteiger partial charge in [-0.25, -0.2) is 14.4 Å². The molecule has 18 nitrogen and oxygen atoms in total. The first-order chi connectivity index (χ1) is 27.3. The molecule has 0 radical (unpaired) electrons. The third-order valence-electron chi connectivity index (χ3n) is 8.86. The summed E-state index contributed by atoms with van der Waals surface area (Å²) < 4.78 is 44.6. The molecule has 0 bridgehead atoms. The number of ether oxygens (including phenoxy) is 8. The van der Waals surface area contributed by atoms with Gasteiger partial charge in [-0.1, -0.05) is 48.5 Å². The highest BCUT2D eigenvalue weighted by Crippen LogP contribution is 2.44. The van der Waals surface area contributed by atoms with Crippen LogP contribution in [0.4, 0.5) is 9.59 Å². The number of amides is 2. The molecule has 0 saturated carbocycles. The standard InChI is InChI=1S/C40H50N2O16/c1-21(43)51-20-32-33(53-22(2)44)34(54-23(3)45)35(55-24(4)46)37(57-32)56-25(18-41-38(49)58-40(5,6)7)16-17-31(36(47)48)42-39(50)52-19-30-28-14-10-8-12-26(28)27-13-9-11-15-29(27)30/h8-15,25,30-35,37H,16-20H2,1-7H3,(H,41,49)(H,42,50)(H,47,48)/t25?,31?,32-,33+,34+,35-,37+/m1/s1. The van der Waals surface area contributed by atoms with E-state index in [1.165, 1.54) is 0 Å². The molecule has 2 aromatic carbocycles. The molecule has 2 unspecified atom stereocenters. The average molecular weight is 815 g/mol. The number of alkyl carbamates (subject to hydrolysis) is 2. The Labute approximate surface area is 335 Å². The molecular formula is C40H50N2O16. The topological polar surface area (TPSA) is 238 Å². The second-order valence-corrected chi connectivity index (χ2v) is 14.6. The van der Waals surface area contributed by atoms with E-state index in [9.17, 15) is 38.7 Å². The number of aliphatic carboxylic acids is 1. The average Bonchev–Trinajstić information content (AvgIpc) is 3.44. The lowest BCUT2D eigenvalue weighted by Gasteiger charge is -2.44. The monoisotopic (exact) mass is 814 g/mol. The Morgan fingerprint density at radius 1 is 0.707 bits per heavy atom. The minimum Gasteiger partial charge on any atom is -0.480 e. The summed E-state index contributed by atoms with van der Waals surface area (Å²) in [5.41, 5.74) is 3.06. The summed E-state index contributed by atoms with van der Waals surface area (Å²) in [7, 11) is 0. The smallest absolute Gasteiger partial charge is 0.407 e. The summed E-state index contributed by atoms with van der Waals surface area (Å²) >= 11 is 0. The van der Waals surface area contributed by atoms with Crippen molar-refractivity contribution in [1.82, 2.24) is 10.6 Å². The number of rotatable bonds is 16. The molecule has 2 aliphatic rings. The lowest BCUT2D eigenvalue weighted by atomic mass is 9.97. The molecule has 1 aliphatic carbocycles. The predicted octanol–water partition coefficient (Wildman–Crippen LogP) is 3.75. The van der Waals surface area contributed by atoms with Crippen molar-refractivity contribution in [3.05, 3.63) is 59.7 Å². The largest absolute Gasteiger partial charge is 0.480 e. The van der Waals surface area contributed by atoms with Gasteiger partial charge in [0, 0.05) is 40.2 Å². The number of carbonyl (C=O) groups is 7. The molecule has 1 aliphatic heterocycles. The fourth-order valence-corrected chi connectivity index (χ4v) is 6.61. The van der Waals surface area contributed by atoms with Crippen LogP contribution in [0, 0.1) is 0 Å². The minimum absolute atomic E-state index is 0.0688. The lowest BCUT2D eigenvalue weighted by molar-refractivity contribution is -0.316. The van der Waals surface area contributed by atoms with Gasteiger partial charge in [-0.15, -0.1) is 0 Å². The number of carboxylic acid groups (broad SMARTS) is 1. The van der Waals surface area contributed by atoms with Crippen molar-refractivity contribution < 1.29 is 76.6 Å². The van der Waals surface area contributed by atoms with Gasteiger partial charge in [-0.05, 0) is 55.9 Å². The molecule has 18 heteroatoms. The number of hydrogen-bond acceptors (Lipinski definition) is 15. The van der Waals surface area contributed by atoms with E-state index in [1.54, 1.807) is 20.8 Å². The molecule has 0 spiro atoms. The maximum Gasteiger partial charge on any atom is 0.407 e. The van der Waals surface area contributed by atoms with Crippen LogP contribution >= 0.6 is 0 Å². The van der Waals surface area contributed by atoms with Gasteiger partial charge in [0.15, 0.2) is 24.6 Å². The van der Waals surface area contributed by atoms with E-state index < -0.39 is 97.1 Å². The Balaban J connectivity index is 1.55. The summed E-state index contributed by atoms with van der Waals surface area (Å²) in [6, 6.07) is 13.9. The van der Waals surface area contributed by atoms with E-state index in [1.807, 2.05) is 48.5 Å². The number of carboxylic acids is 1. The summed E-state index contributed by atoms with van der Waals surface area (Å²) in [6.45, 7) is 8.32. The number of fused-ring (bicyclic) bond motifs is 3. The van der Waals surface area contributed by atoms with Gasteiger partial charge in [-0.2, -0.15) is 0 Å². The van der Waals surface area contributed by atoms with E-state index in [0.717, 1.165) is 49.9 Å². The van der Waals surface area contributed by atoms with E-state index in [2.05, 4.69) is 10.6 Å². The SMILES string of the molecule is CC(=O)OC[C@H]1O[C@H](OC(CCC(NC(=O)OCC2c3ccccc3-c3ccccc32)C(=O)O)CNC(=O)OC(C)(C)C)[C@H](OC(C)=O)[C@@H](OC(C)=O)[C@H]1OC(C)=O. The number of esters is 4. The minimum atomic E-state index is -1.65. The van der Waals surface area contributed by atoms with Gasteiger partial charge in [0.25, 0.3) is 0 Å². The molecule has 4 rings (SSSR count). The third-order valence-corrected chi connectivity index (χ3v) is 8.86. The molecule has 1 saturated heterocycles. The second kappa shape index (κ2) is 20.1. The first-order valence-corrected chi connectivity index (χ1v) is 18.6. The molecule has 2 amide bonds. The highest BCUT2D eigenvalue weighted by molar-refractivity contribution is 5.81. The van der Waals surface area contributed by atoms with Crippen LogP contribution in [0.25, 0.3) is 11.1 Å². The van der Waals surface area contributed by atoms with Crippen LogP contribution in [-0.4, -0.2) is 115 Å². The van der Waals surface area contributed by atoms with Crippen LogP contribution in [-0.2, 0) is 61.9 Å². The molecule has 0 aromatic heterocycles. The van der Waals surface area contributed by atoms with Gasteiger partial charge < -0.3 is 53.6 Å². The Morgan fingerprint density at radius 2 is 1.26 bits per heavy atom. The number of carbonyl (C=O) groups excluding carboxylic acids is 6.